The second-order valence-corrected chi connectivity index (χ2v) is 10.6. The molecule has 9 heteroatoms. The van der Waals surface area contributed by atoms with Crippen molar-refractivity contribution < 1.29 is 18.8 Å². The van der Waals surface area contributed by atoms with Gasteiger partial charge in [-0.15, -0.1) is 0 Å². The van der Waals surface area contributed by atoms with Gasteiger partial charge in [0.2, 0.25) is 6.29 Å². The van der Waals surface area contributed by atoms with Crippen molar-refractivity contribution in [2.75, 3.05) is 11.9 Å². The Morgan fingerprint density at radius 1 is 1.18 bits per heavy atom. The number of nitrogens with one attached hydrogen (secondary N) is 1. The summed E-state index contributed by atoms with van der Waals surface area (Å²) in [6.45, 7) is 12.3. The number of carbonyl (C=O) groups excluding carboxylic acids is 1. The van der Waals surface area contributed by atoms with Gasteiger partial charge in [0.15, 0.2) is 11.5 Å². The lowest BCUT2D eigenvalue weighted by molar-refractivity contribution is -0.131. The molecule has 1 aliphatic carbocycles. The third kappa shape index (κ3) is 4.05. The van der Waals surface area contributed by atoms with Crippen LogP contribution in [0, 0.1) is 19.3 Å². The lowest BCUT2D eigenvalue weighted by Gasteiger charge is -2.36. The van der Waals surface area contributed by atoms with E-state index < -0.39 is 17.8 Å². The van der Waals surface area contributed by atoms with Gasteiger partial charge in [0.05, 0.1) is 23.9 Å². The van der Waals surface area contributed by atoms with E-state index in [2.05, 4.69) is 31.2 Å². The van der Waals surface area contributed by atoms with Gasteiger partial charge < -0.3 is 19.3 Å². The van der Waals surface area contributed by atoms with E-state index in [1.807, 2.05) is 25.6 Å². The molecule has 2 atom stereocenters. The highest BCUT2D eigenvalue weighted by Crippen LogP contribution is 2.44. The molecule has 1 N–H and O–H groups in total. The van der Waals surface area contributed by atoms with Gasteiger partial charge in [0, 0.05) is 12.6 Å². The maximum absolute atomic E-state index is 13.2. The highest BCUT2D eigenvalue weighted by molar-refractivity contribution is 6.04. The molecule has 2 aromatic heterocycles. The highest BCUT2D eigenvalue weighted by atomic mass is 16.7. The Bertz CT molecular complexity index is 1100. The van der Waals surface area contributed by atoms with Gasteiger partial charge in [-0.2, -0.15) is 0 Å². The second-order valence-electron chi connectivity index (χ2n) is 10.6. The van der Waals surface area contributed by atoms with Crippen LogP contribution in [0.15, 0.2) is 9.32 Å². The summed E-state index contributed by atoms with van der Waals surface area (Å²) in [6, 6.07) is 0.162. The first-order valence-corrected chi connectivity index (χ1v) is 11.8. The lowest BCUT2D eigenvalue weighted by Crippen LogP contribution is -2.42. The fourth-order valence-corrected chi connectivity index (χ4v) is 4.62. The Balaban J connectivity index is 1.55. The summed E-state index contributed by atoms with van der Waals surface area (Å²) in [5.41, 5.74) is 0.837. The Morgan fingerprint density at radius 2 is 1.85 bits per heavy atom. The summed E-state index contributed by atoms with van der Waals surface area (Å²) in [5.74, 6) is -0.113. The first kappa shape index (κ1) is 23.8. The molecule has 2 fully saturated rings. The number of aromatic nitrogens is 3. The fraction of sp³-hybridized carbons (Fsp3) is 0.708. The molecular weight excluding hydrogens is 424 g/mol. The molecule has 2 aliphatic rings. The van der Waals surface area contributed by atoms with Crippen LogP contribution in [0.5, 0.6) is 0 Å². The van der Waals surface area contributed by atoms with Crippen molar-refractivity contribution in [3.8, 4) is 0 Å². The average molecular weight is 461 g/mol. The Kier molecular flexibility index (Phi) is 6.07. The van der Waals surface area contributed by atoms with Gasteiger partial charge in [-0.25, -0.2) is 4.68 Å². The molecule has 182 valence electrons. The van der Waals surface area contributed by atoms with Crippen molar-refractivity contribution >= 4 is 11.6 Å². The molecule has 3 heterocycles. The number of hydrogen-bond donors (Lipinski definition) is 1. The summed E-state index contributed by atoms with van der Waals surface area (Å²) in [6.07, 6.45) is 4.66. The molecule has 2 aromatic rings. The van der Waals surface area contributed by atoms with E-state index in [0.29, 0.717) is 23.6 Å². The topological polar surface area (TPSA) is 101 Å². The molecule has 0 aromatic carbocycles. The molecule has 9 nitrogen and oxygen atoms in total. The molecule has 2 unspecified atom stereocenters. The molecule has 1 aliphatic heterocycles. The van der Waals surface area contributed by atoms with Gasteiger partial charge >= 0.3 is 0 Å². The largest absolute Gasteiger partial charge is 0.355 e. The zero-order chi connectivity index (χ0) is 24.1. The van der Waals surface area contributed by atoms with E-state index in [-0.39, 0.29) is 28.4 Å². The normalized spacial score (nSPS) is 24.4. The Hall–Kier alpha value is -2.39. The van der Waals surface area contributed by atoms with Gasteiger partial charge in [-0.1, -0.05) is 45.2 Å². The zero-order valence-electron chi connectivity index (χ0n) is 20.8. The van der Waals surface area contributed by atoms with E-state index in [1.165, 1.54) is 6.42 Å². The molecule has 33 heavy (non-hydrogen) atoms. The molecule has 1 saturated carbocycles. The highest BCUT2D eigenvalue weighted by Gasteiger charge is 2.48. The predicted octanol–water partition coefficient (Wildman–Crippen LogP) is 4.40. The molecule has 4 rings (SSSR count). The minimum Gasteiger partial charge on any atom is -0.355 e. The molecule has 1 amide bonds. The van der Waals surface area contributed by atoms with E-state index in [0.717, 1.165) is 25.7 Å². The molecule has 1 saturated heterocycles. The first-order chi connectivity index (χ1) is 15.4. The van der Waals surface area contributed by atoms with Crippen molar-refractivity contribution in [2.24, 2.45) is 12.5 Å². The van der Waals surface area contributed by atoms with Crippen LogP contribution in [0.1, 0.15) is 99.6 Å². The smallest absolute Gasteiger partial charge is 0.291 e. The van der Waals surface area contributed by atoms with Crippen molar-refractivity contribution in [3.63, 3.8) is 0 Å². The lowest BCUT2D eigenvalue weighted by atomic mass is 9.78. The molecular formula is C24H36N4O5. The van der Waals surface area contributed by atoms with E-state index in [1.54, 1.807) is 11.6 Å². The van der Waals surface area contributed by atoms with Crippen molar-refractivity contribution in [1.29, 1.82) is 0 Å². The number of anilines is 1. The third-order valence-corrected chi connectivity index (χ3v) is 7.60. The molecule has 0 radical (unpaired) electrons. The van der Waals surface area contributed by atoms with Crippen LogP contribution in [0.3, 0.4) is 0 Å². The second kappa shape index (κ2) is 8.43. The minimum atomic E-state index is -0.731. The van der Waals surface area contributed by atoms with E-state index in [4.69, 9.17) is 14.0 Å². The van der Waals surface area contributed by atoms with Crippen LogP contribution in [0.4, 0.5) is 5.69 Å². The van der Waals surface area contributed by atoms with Gasteiger partial charge in [-0.05, 0) is 39.0 Å². The summed E-state index contributed by atoms with van der Waals surface area (Å²) in [4.78, 5) is 26.3. The number of carbonyl (C=O) groups is 1. The van der Waals surface area contributed by atoms with Gasteiger partial charge in [0.1, 0.15) is 5.69 Å². The van der Waals surface area contributed by atoms with Crippen molar-refractivity contribution in [1.82, 2.24) is 14.5 Å². The van der Waals surface area contributed by atoms with E-state index in [9.17, 15) is 9.59 Å². The summed E-state index contributed by atoms with van der Waals surface area (Å²) in [7, 11) is 1.86. The van der Waals surface area contributed by atoms with Crippen molar-refractivity contribution in [3.05, 3.63) is 33.1 Å². The van der Waals surface area contributed by atoms with E-state index >= 15 is 0 Å². The number of nitrogens with zero attached hydrogens (tertiary/aromatic N) is 3. The van der Waals surface area contributed by atoms with Crippen LogP contribution in [-0.2, 0) is 16.5 Å². The monoisotopic (exact) mass is 460 g/mol. The summed E-state index contributed by atoms with van der Waals surface area (Å²) < 4.78 is 21.1. The number of amides is 1. The Labute approximate surface area is 194 Å². The van der Waals surface area contributed by atoms with Gasteiger partial charge in [-0.3, -0.25) is 14.3 Å². The van der Waals surface area contributed by atoms with Crippen LogP contribution < -0.4 is 10.9 Å². The molecule has 0 spiro atoms. The third-order valence-electron chi connectivity index (χ3n) is 7.60. The maximum Gasteiger partial charge on any atom is 0.291 e. The quantitative estimate of drug-likeness (QED) is 0.726. The van der Waals surface area contributed by atoms with Crippen LogP contribution in [0.25, 0.3) is 0 Å². The Morgan fingerprint density at radius 3 is 2.45 bits per heavy atom. The van der Waals surface area contributed by atoms with Crippen LogP contribution in [-0.4, -0.2) is 32.6 Å². The minimum absolute atomic E-state index is 0.119. The van der Waals surface area contributed by atoms with Crippen LogP contribution >= 0.6 is 0 Å². The SMILES string of the molecule is Cc1c(C(=O)Nc2c(C)n(C)n(C3CCCCC3)c2=O)noc1C1OCC(C)(C(C)(C)C)O1. The molecule has 0 bridgehead atoms. The van der Waals surface area contributed by atoms with Crippen LogP contribution in [0.2, 0.25) is 0 Å². The number of hydrogen-bond acceptors (Lipinski definition) is 6. The zero-order valence-corrected chi connectivity index (χ0v) is 20.8. The fourth-order valence-electron chi connectivity index (χ4n) is 4.62. The predicted molar refractivity (Wildman–Crippen MR) is 123 cm³/mol. The average Bonchev–Trinajstić information content (AvgIpc) is 3.40. The maximum atomic E-state index is 13.2. The van der Waals surface area contributed by atoms with Gasteiger partial charge in [0.25, 0.3) is 11.5 Å². The first-order valence-electron chi connectivity index (χ1n) is 11.8. The number of rotatable bonds is 4. The number of ether oxygens (including phenoxy) is 2. The summed E-state index contributed by atoms with van der Waals surface area (Å²) >= 11 is 0. The van der Waals surface area contributed by atoms with Crippen molar-refractivity contribution in [2.45, 2.75) is 91.6 Å². The summed E-state index contributed by atoms with van der Waals surface area (Å²) in [5, 5.41) is 6.77. The standard InChI is InChI=1S/C24H36N4O5/c1-14-17(26-33-19(14)22-31-13-24(6,32-22)23(3,4)5)20(29)25-18-15(2)27(7)28(21(18)30)16-11-9-8-10-12-16/h16,22H,8-13H2,1-7H3,(H,25,29).